The third-order valence-corrected chi connectivity index (χ3v) is 6.19. The summed E-state index contributed by atoms with van der Waals surface area (Å²) in [6.45, 7) is 4.80. The zero-order valence-electron chi connectivity index (χ0n) is 11.5. The minimum atomic E-state index is -1.51. The molecular weight excluding hydrogens is 248 g/mol. The summed E-state index contributed by atoms with van der Waals surface area (Å²) in [6.07, 6.45) is 2.19. The predicted octanol–water partition coefficient (Wildman–Crippen LogP) is 3.35. The molecule has 0 aliphatic heterocycles. The lowest BCUT2D eigenvalue weighted by atomic mass is 10.1. The highest BCUT2D eigenvalue weighted by atomic mass is 28.3. The molecular formula is C17H20OSi. The molecule has 0 amide bonds. The van der Waals surface area contributed by atoms with Crippen LogP contribution in [0.5, 0.6) is 0 Å². The summed E-state index contributed by atoms with van der Waals surface area (Å²) in [4.78, 5) is 0. The molecule has 0 fully saturated rings. The van der Waals surface area contributed by atoms with Crippen molar-refractivity contribution >= 4 is 19.3 Å². The average Bonchev–Trinajstić information content (AvgIpc) is 2.47. The molecule has 0 aliphatic carbocycles. The van der Waals surface area contributed by atoms with Crippen LogP contribution in [0.4, 0.5) is 0 Å². The first-order valence-electron chi connectivity index (χ1n) is 6.56. The third kappa shape index (κ3) is 3.66. The second-order valence-electron chi connectivity index (χ2n) is 5.32. The smallest absolute Gasteiger partial charge is 0.104 e. The largest absolute Gasteiger partial charge is 0.392 e. The fourth-order valence-corrected chi connectivity index (χ4v) is 3.86. The van der Waals surface area contributed by atoms with Crippen LogP contribution in [0.1, 0.15) is 11.1 Å². The average molecular weight is 268 g/mol. The van der Waals surface area contributed by atoms with Gasteiger partial charge in [-0.3, -0.25) is 0 Å². The van der Waals surface area contributed by atoms with Crippen molar-refractivity contribution in [2.75, 3.05) is 0 Å². The van der Waals surface area contributed by atoms with Crippen molar-refractivity contribution in [1.82, 2.24) is 0 Å². The molecule has 2 aromatic rings. The molecule has 0 atom stereocenters. The molecule has 0 aliphatic rings. The normalized spacial score (nSPS) is 11.9. The SMILES string of the molecule is C[Si](C)(/C=C/c1ccc(CO)cc1)c1ccccc1. The van der Waals surface area contributed by atoms with Crippen LogP contribution in [0.2, 0.25) is 13.1 Å². The van der Waals surface area contributed by atoms with Gasteiger partial charge in [0.25, 0.3) is 0 Å². The Labute approximate surface area is 116 Å². The molecule has 2 heteroatoms. The molecule has 0 aromatic heterocycles. The zero-order valence-corrected chi connectivity index (χ0v) is 12.5. The first kappa shape index (κ1) is 13.8. The minimum absolute atomic E-state index is 0.105. The van der Waals surface area contributed by atoms with E-state index in [9.17, 15) is 0 Å². The lowest BCUT2D eigenvalue weighted by molar-refractivity contribution is 0.282. The fraction of sp³-hybridized carbons (Fsp3) is 0.176. The van der Waals surface area contributed by atoms with Crippen molar-refractivity contribution in [3.05, 3.63) is 71.4 Å². The van der Waals surface area contributed by atoms with Crippen LogP contribution in [-0.2, 0) is 6.61 Å². The second-order valence-corrected chi connectivity index (χ2v) is 9.67. The van der Waals surface area contributed by atoms with Gasteiger partial charge in [0, 0.05) is 0 Å². The summed E-state index contributed by atoms with van der Waals surface area (Å²) in [7, 11) is -1.51. The van der Waals surface area contributed by atoms with E-state index in [0.717, 1.165) is 5.56 Å². The van der Waals surface area contributed by atoms with Crippen molar-refractivity contribution in [2.24, 2.45) is 0 Å². The van der Waals surface area contributed by atoms with Gasteiger partial charge in [-0.15, -0.1) is 0 Å². The summed E-state index contributed by atoms with van der Waals surface area (Å²) in [5.74, 6) is 0. The van der Waals surface area contributed by atoms with Crippen molar-refractivity contribution < 1.29 is 5.11 Å². The van der Waals surface area contributed by atoms with E-state index in [0.29, 0.717) is 0 Å². The molecule has 0 saturated carbocycles. The van der Waals surface area contributed by atoms with Gasteiger partial charge in [-0.1, -0.05) is 84.7 Å². The molecule has 19 heavy (non-hydrogen) atoms. The Morgan fingerprint density at radius 1 is 0.947 bits per heavy atom. The van der Waals surface area contributed by atoms with Crippen molar-refractivity contribution in [1.29, 1.82) is 0 Å². The van der Waals surface area contributed by atoms with Gasteiger partial charge in [0.1, 0.15) is 8.07 Å². The summed E-state index contributed by atoms with van der Waals surface area (Å²) in [5.41, 5.74) is 4.50. The Balaban J connectivity index is 2.16. The lowest BCUT2D eigenvalue weighted by Crippen LogP contribution is -2.39. The summed E-state index contributed by atoms with van der Waals surface area (Å²) >= 11 is 0. The van der Waals surface area contributed by atoms with Crippen LogP contribution in [-0.4, -0.2) is 13.2 Å². The van der Waals surface area contributed by atoms with Crippen LogP contribution in [0.15, 0.2) is 60.3 Å². The number of aliphatic hydroxyl groups is 1. The molecule has 0 radical (unpaired) electrons. The fourth-order valence-electron chi connectivity index (χ4n) is 2.00. The number of rotatable bonds is 4. The monoisotopic (exact) mass is 268 g/mol. The van der Waals surface area contributed by atoms with Crippen molar-refractivity contribution in [3.8, 4) is 0 Å². The minimum Gasteiger partial charge on any atom is -0.392 e. The highest BCUT2D eigenvalue weighted by Crippen LogP contribution is 2.11. The number of hydrogen-bond acceptors (Lipinski definition) is 1. The van der Waals surface area contributed by atoms with Gasteiger partial charge in [-0.2, -0.15) is 0 Å². The van der Waals surface area contributed by atoms with Gasteiger partial charge in [0.2, 0.25) is 0 Å². The molecule has 2 aromatic carbocycles. The van der Waals surface area contributed by atoms with E-state index in [4.69, 9.17) is 5.11 Å². The van der Waals surface area contributed by atoms with Crippen LogP contribution >= 0.6 is 0 Å². The first-order valence-corrected chi connectivity index (χ1v) is 9.64. The quantitative estimate of drug-likeness (QED) is 0.843. The lowest BCUT2D eigenvalue weighted by Gasteiger charge is -2.18. The van der Waals surface area contributed by atoms with Gasteiger partial charge in [0.15, 0.2) is 0 Å². The maximum Gasteiger partial charge on any atom is 0.104 e. The van der Waals surface area contributed by atoms with Crippen molar-refractivity contribution in [3.63, 3.8) is 0 Å². The molecule has 2 rings (SSSR count). The zero-order chi connectivity index (χ0) is 13.7. The van der Waals surface area contributed by atoms with E-state index in [1.165, 1.54) is 10.8 Å². The number of hydrogen-bond donors (Lipinski definition) is 1. The van der Waals surface area contributed by atoms with Crippen molar-refractivity contribution in [2.45, 2.75) is 19.7 Å². The Morgan fingerprint density at radius 2 is 1.58 bits per heavy atom. The summed E-state index contributed by atoms with van der Waals surface area (Å²) in [6, 6.07) is 18.7. The van der Waals surface area contributed by atoms with Crippen LogP contribution in [0.3, 0.4) is 0 Å². The Morgan fingerprint density at radius 3 is 2.16 bits per heavy atom. The molecule has 0 unspecified atom stereocenters. The second kappa shape index (κ2) is 6.00. The maximum atomic E-state index is 9.03. The Bertz CT molecular complexity index is 541. The molecule has 1 N–H and O–H groups in total. The van der Waals surface area contributed by atoms with E-state index in [2.05, 4.69) is 67.3 Å². The number of aliphatic hydroxyl groups excluding tert-OH is 1. The number of benzene rings is 2. The van der Waals surface area contributed by atoms with Gasteiger partial charge >= 0.3 is 0 Å². The topological polar surface area (TPSA) is 20.2 Å². The van der Waals surface area contributed by atoms with E-state index >= 15 is 0 Å². The molecule has 0 heterocycles. The first-order chi connectivity index (χ1) is 9.12. The van der Waals surface area contributed by atoms with Gasteiger partial charge < -0.3 is 5.11 Å². The highest BCUT2D eigenvalue weighted by molar-refractivity contribution is 6.94. The maximum absolute atomic E-state index is 9.03. The third-order valence-electron chi connectivity index (χ3n) is 3.37. The summed E-state index contributed by atoms with van der Waals surface area (Å²) in [5, 5.41) is 10.5. The van der Waals surface area contributed by atoms with Gasteiger partial charge in [-0.25, -0.2) is 0 Å². The van der Waals surface area contributed by atoms with E-state index < -0.39 is 8.07 Å². The standard InChI is InChI=1S/C17H20OSi/c1-19(2,17-6-4-3-5-7-17)13-12-15-8-10-16(14-18)11-9-15/h3-13,18H,14H2,1-2H3/b13-12+. The van der Waals surface area contributed by atoms with Crippen LogP contribution in [0, 0.1) is 0 Å². The Hall–Kier alpha value is -1.64. The molecule has 98 valence electrons. The van der Waals surface area contributed by atoms with E-state index in [-0.39, 0.29) is 6.61 Å². The molecule has 0 bridgehead atoms. The van der Waals surface area contributed by atoms with Crippen LogP contribution in [0.25, 0.3) is 6.08 Å². The molecule has 1 nitrogen and oxygen atoms in total. The Kier molecular flexibility index (Phi) is 4.35. The predicted molar refractivity (Wildman–Crippen MR) is 85.0 cm³/mol. The molecule has 0 spiro atoms. The van der Waals surface area contributed by atoms with Gasteiger partial charge in [-0.05, 0) is 11.1 Å². The summed E-state index contributed by atoms with van der Waals surface area (Å²) < 4.78 is 0. The highest BCUT2D eigenvalue weighted by Gasteiger charge is 2.18. The van der Waals surface area contributed by atoms with E-state index in [1.54, 1.807) is 0 Å². The van der Waals surface area contributed by atoms with Crippen LogP contribution < -0.4 is 5.19 Å². The van der Waals surface area contributed by atoms with Gasteiger partial charge in [0.05, 0.1) is 6.61 Å². The molecule has 0 saturated heterocycles. The van der Waals surface area contributed by atoms with E-state index in [1.807, 2.05) is 12.1 Å².